The normalized spacial score (nSPS) is 19.9. The molecule has 0 radical (unpaired) electrons. The van der Waals surface area contributed by atoms with Crippen molar-refractivity contribution in [1.29, 1.82) is 0 Å². The maximum Gasteiger partial charge on any atom is 0.317 e. The van der Waals surface area contributed by atoms with Crippen molar-refractivity contribution in [3.05, 3.63) is 0 Å². The Balaban J connectivity index is 2.54. The molecule has 0 heterocycles. The standard InChI is InChI=1S/C10H20N2O/c1-4-11-9(13)12(3)10(2)7-5-6-8-10/h4-8H2,1-3H3,(H,11,13). The van der Waals surface area contributed by atoms with Crippen molar-refractivity contribution in [2.24, 2.45) is 0 Å². The second-order valence-corrected chi connectivity index (χ2v) is 4.10. The van der Waals surface area contributed by atoms with E-state index in [1.165, 1.54) is 12.8 Å². The monoisotopic (exact) mass is 184 g/mol. The van der Waals surface area contributed by atoms with Gasteiger partial charge in [-0.1, -0.05) is 12.8 Å². The molecule has 1 rings (SSSR count). The van der Waals surface area contributed by atoms with Crippen molar-refractivity contribution in [2.45, 2.75) is 45.1 Å². The Morgan fingerprint density at radius 2 is 2.00 bits per heavy atom. The summed E-state index contributed by atoms with van der Waals surface area (Å²) < 4.78 is 0. The van der Waals surface area contributed by atoms with Crippen LogP contribution in [0.2, 0.25) is 0 Å². The number of hydrogen-bond donors (Lipinski definition) is 1. The zero-order valence-electron chi connectivity index (χ0n) is 8.89. The minimum absolute atomic E-state index is 0.0619. The quantitative estimate of drug-likeness (QED) is 0.699. The van der Waals surface area contributed by atoms with E-state index >= 15 is 0 Å². The Bertz CT molecular complexity index is 185. The molecule has 0 unspecified atom stereocenters. The lowest BCUT2D eigenvalue weighted by Gasteiger charge is -2.35. The van der Waals surface area contributed by atoms with Gasteiger partial charge < -0.3 is 10.2 Å². The molecule has 76 valence electrons. The Morgan fingerprint density at radius 1 is 1.46 bits per heavy atom. The van der Waals surface area contributed by atoms with Crippen LogP contribution in [0.25, 0.3) is 0 Å². The average molecular weight is 184 g/mol. The van der Waals surface area contributed by atoms with Gasteiger partial charge in [-0.15, -0.1) is 0 Å². The molecule has 1 saturated carbocycles. The first kappa shape index (κ1) is 10.4. The second kappa shape index (κ2) is 3.99. The minimum Gasteiger partial charge on any atom is -0.338 e. The molecule has 1 aliphatic carbocycles. The number of nitrogens with one attached hydrogen (secondary N) is 1. The lowest BCUT2D eigenvalue weighted by molar-refractivity contribution is 0.149. The van der Waals surface area contributed by atoms with Crippen LogP contribution in [0.5, 0.6) is 0 Å². The van der Waals surface area contributed by atoms with E-state index in [1.54, 1.807) is 0 Å². The lowest BCUT2D eigenvalue weighted by Crippen LogP contribution is -2.49. The summed E-state index contributed by atoms with van der Waals surface area (Å²) in [4.78, 5) is 13.4. The number of rotatable bonds is 2. The number of urea groups is 1. The highest BCUT2D eigenvalue weighted by atomic mass is 16.2. The molecule has 1 aliphatic rings. The van der Waals surface area contributed by atoms with Gasteiger partial charge in [0.25, 0.3) is 0 Å². The summed E-state index contributed by atoms with van der Waals surface area (Å²) in [6.45, 7) is 4.83. The van der Waals surface area contributed by atoms with Gasteiger partial charge in [0, 0.05) is 19.1 Å². The van der Waals surface area contributed by atoms with Crippen LogP contribution in [-0.4, -0.2) is 30.1 Å². The fourth-order valence-electron chi connectivity index (χ4n) is 1.99. The Hall–Kier alpha value is -0.730. The number of hydrogen-bond acceptors (Lipinski definition) is 1. The topological polar surface area (TPSA) is 32.3 Å². The van der Waals surface area contributed by atoms with Gasteiger partial charge in [0.05, 0.1) is 0 Å². The molecule has 0 aromatic carbocycles. The third-order valence-corrected chi connectivity index (χ3v) is 3.12. The maximum atomic E-state index is 11.6. The first-order valence-corrected chi connectivity index (χ1v) is 5.12. The number of nitrogens with zero attached hydrogens (tertiary/aromatic N) is 1. The summed E-state index contributed by atoms with van der Waals surface area (Å²) in [6.07, 6.45) is 4.78. The van der Waals surface area contributed by atoms with Gasteiger partial charge in [-0.05, 0) is 26.7 Å². The van der Waals surface area contributed by atoms with Crippen molar-refractivity contribution in [2.75, 3.05) is 13.6 Å². The third-order valence-electron chi connectivity index (χ3n) is 3.12. The molecular weight excluding hydrogens is 164 g/mol. The van der Waals surface area contributed by atoms with E-state index in [-0.39, 0.29) is 11.6 Å². The van der Waals surface area contributed by atoms with Crippen molar-refractivity contribution in [3.8, 4) is 0 Å². The van der Waals surface area contributed by atoms with Gasteiger partial charge in [-0.25, -0.2) is 4.79 Å². The van der Waals surface area contributed by atoms with Crippen LogP contribution in [0.3, 0.4) is 0 Å². The second-order valence-electron chi connectivity index (χ2n) is 4.10. The molecule has 0 spiro atoms. The molecule has 3 heteroatoms. The largest absolute Gasteiger partial charge is 0.338 e. The first-order valence-electron chi connectivity index (χ1n) is 5.12. The Labute approximate surface area is 80.5 Å². The predicted octanol–water partition coefficient (Wildman–Crippen LogP) is 1.98. The third kappa shape index (κ3) is 2.14. The summed E-state index contributed by atoms with van der Waals surface area (Å²) in [5.74, 6) is 0. The SMILES string of the molecule is CCNC(=O)N(C)C1(C)CCCC1. The van der Waals surface area contributed by atoms with Crippen LogP contribution in [0.1, 0.15) is 39.5 Å². The molecule has 0 aliphatic heterocycles. The summed E-state index contributed by atoms with van der Waals surface area (Å²) >= 11 is 0. The number of carbonyl (C=O) groups excluding carboxylic acids is 1. The van der Waals surface area contributed by atoms with Crippen LogP contribution in [0.15, 0.2) is 0 Å². The van der Waals surface area contributed by atoms with Gasteiger partial charge in [-0.2, -0.15) is 0 Å². The first-order chi connectivity index (χ1) is 6.10. The van der Waals surface area contributed by atoms with E-state index in [0.29, 0.717) is 6.54 Å². The van der Waals surface area contributed by atoms with E-state index in [0.717, 1.165) is 12.8 Å². The Morgan fingerprint density at radius 3 is 2.46 bits per heavy atom. The molecule has 1 N–H and O–H groups in total. The molecule has 13 heavy (non-hydrogen) atoms. The van der Waals surface area contributed by atoms with E-state index < -0.39 is 0 Å². The molecule has 0 bridgehead atoms. The summed E-state index contributed by atoms with van der Waals surface area (Å²) in [5.41, 5.74) is 0.0965. The molecule has 3 nitrogen and oxygen atoms in total. The zero-order valence-corrected chi connectivity index (χ0v) is 8.89. The van der Waals surface area contributed by atoms with Gasteiger partial charge in [0.1, 0.15) is 0 Å². The van der Waals surface area contributed by atoms with Gasteiger partial charge >= 0.3 is 6.03 Å². The van der Waals surface area contributed by atoms with Crippen LogP contribution in [0, 0.1) is 0 Å². The zero-order chi connectivity index (χ0) is 9.90. The van der Waals surface area contributed by atoms with Crippen LogP contribution >= 0.6 is 0 Å². The molecule has 0 aromatic rings. The molecule has 2 amide bonds. The van der Waals surface area contributed by atoms with Crippen molar-refractivity contribution in [3.63, 3.8) is 0 Å². The minimum atomic E-state index is 0.0619. The lowest BCUT2D eigenvalue weighted by atomic mass is 9.99. The van der Waals surface area contributed by atoms with Crippen molar-refractivity contribution in [1.82, 2.24) is 10.2 Å². The van der Waals surface area contributed by atoms with E-state index in [4.69, 9.17) is 0 Å². The average Bonchev–Trinajstić information content (AvgIpc) is 2.52. The van der Waals surface area contributed by atoms with Gasteiger partial charge in [-0.3, -0.25) is 0 Å². The number of carbonyl (C=O) groups is 1. The van der Waals surface area contributed by atoms with Crippen LogP contribution in [0.4, 0.5) is 4.79 Å². The van der Waals surface area contributed by atoms with Crippen LogP contribution < -0.4 is 5.32 Å². The highest BCUT2D eigenvalue weighted by Crippen LogP contribution is 2.33. The number of amides is 2. The molecular formula is C10H20N2O. The summed E-state index contributed by atoms with van der Waals surface area (Å²) in [6, 6.07) is 0.0619. The van der Waals surface area contributed by atoms with Gasteiger partial charge in [0.2, 0.25) is 0 Å². The Kier molecular flexibility index (Phi) is 3.17. The fourth-order valence-corrected chi connectivity index (χ4v) is 1.99. The van der Waals surface area contributed by atoms with Crippen molar-refractivity contribution < 1.29 is 4.79 Å². The predicted molar refractivity (Wildman–Crippen MR) is 53.7 cm³/mol. The molecule has 0 aromatic heterocycles. The molecule has 0 saturated heterocycles. The van der Waals surface area contributed by atoms with E-state index in [9.17, 15) is 4.79 Å². The maximum absolute atomic E-state index is 11.6. The van der Waals surface area contributed by atoms with Crippen molar-refractivity contribution >= 4 is 6.03 Å². The smallest absolute Gasteiger partial charge is 0.317 e. The highest BCUT2D eigenvalue weighted by molar-refractivity contribution is 5.74. The summed E-state index contributed by atoms with van der Waals surface area (Å²) in [5, 5.41) is 2.83. The van der Waals surface area contributed by atoms with E-state index in [1.807, 2.05) is 18.9 Å². The molecule has 0 atom stereocenters. The van der Waals surface area contributed by atoms with Gasteiger partial charge in [0.15, 0.2) is 0 Å². The fraction of sp³-hybridized carbons (Fsp3) is 0.900. The van der Waals surface area contributed by atoms with E-state index in [2.05, 4.69) is 12.2 Å². The van der Waals surface area contributed by atoms with Crippen LogP contribution in [-0.2, 0) is 0 Å². The summed E-state index contributed by atoms with van der Waals surface area (Å²) in [7, 11) is 1.90. The highest BCUT2D eigenvalue weighted by Gasteiger charge is 2.35. The molecule has 1 fully saturated rings.